The van der Waals surface area contributed by atoms with Crippen molar-refractivity contribution in [1.82, 2.24) is 5.16 Å². The van der Waals surface area contributed by atoms with Crippen molar-refractivity contribution >= 4 is 17.4 Å². The molecule has 0 fully saturated rings. The molecule has 4 heteroatoms. The van der Waals surface area contributed by atoms with Gasteiger partial charge < -0.3 is 10.3 Å². The summed E-state index contributed by atoms with van der Waals surface area (Å²) >= 11 is 1.72. The number of rotatable bonds is 3. The molecule has 90 valence electrons. The van der Waals surface area contributed by atoms with E-state index in [1.165, 1.54) is 5.56 Å². The van der Waals surface area contributed by atoms with Crippen LogP contribution in [0.3, 0.4) is 0 Å². The Labute approximate surface area is 105 Å². The molecule has 17 heavy (non-hydrogen) atoms. The molecule has 0 aliphatic rings. The number of hydrogen-bond donors (Lipinski definition) is 1. The third kappa shape index (κ3) is 2.64. The standard InChI is InChI=1S/C13H16N2OS/c1-8-4-5-13(12(14)6-8)17-7-11-9(2)15-16-10(11)3/h4-6H,7,14H2,1-3H3. The van der Waals surface area contributed by atoms with Gasteiger partial charge in [0.25, 0.3) is 0 Å². The van der Waals surface area contributed by atoms with Crippen LogP contribution in [0.1, 0.15) is 22.6 Å². The Hall–Kier alpha value is -1.42. The number of benzene rings is 1. The molecule has 1 heterocycles. The van der Waals surface area contributed by atoms with Gasteiger partial charge in [0.1, 0.15) is 5.76 Å². The fraction of sp³-hybridized carbons (Fsp3) is 0.308. The van der Waals surface area contributed by atoms with Crippen LogP contribution in [0.4, 0.5) is 5.69 Å². The highest BCUT2D eigenvalue weighted by molar-refractivity contribution is 7.98. The first-order valence-corrected chi connectivity index (χ1v) is 6.47. The number of hydrogen-bond acceptors (Lipinski definition) is 4. The quantitative estimate of drug-likeness (QED) is 0.667. The Morgan fingerprint density at radius 1 is 1.29 bits per heavy atom. The molecule has 0 aliphatic carbocycles. The minimum Gasteiger partial charge on any atom is -0.398 e. The summed E-state index contributed by atoms with van der Waals surface area (Å²) in [5.41, 5.74) is 10.1. The predicted molar refractivity (Wildman–Crippen MR) is 71.1 cm³/mol. The zero-order chi connectivity index (χ0) is 12.4. The third-order valence-electron chi connectivity index (χ3n) is 2.72. The summed E-state index contributed by atoms with van der Waals surface area (Å²) in [6.45, 7) is 5.94. The van der Waals surface area contributed by atoms with Gasteiger partial charge in [-0.3, -0.25) is 0 Å². The summed E-state index contributed by atoms with van der Waals surface area (Å²) in [7, 11) is 0. The number of nitrogens with zero attached hydrogens (tertiary/aromatic N) is 1. The second-order valence-electron chi connectivity index (χ2n) is 4.13. The van der Waals surface area contributed by atoms with Gasteiger partial charge in [-0.05, 0) is 38.5 Å². The van der Waals surface area contributed by atoms with Gasteiger partial charge in [-0.2, -0.15) is 0 Å². The van der Waals surface area contributed by atoms with E-state index in [9.17, 15) is 0 Å². The Kier molecular flexibility index (Phi) is 3.43. The molecular formula is C13H16N2OS. The van der Waals surface area contributed by atoms with Crippen LogP contribution in [0.15, 0.2) is 27.6 Å². The van der Waals surface area contributed by atoms with Crippen LogP contribution in [-0.4, -0.2) is 5.16 Å². The number of aromatic nitrogens is 1. The van der Waals surface area contributed by atoms with Crippen molar-refractivity contribution in [2.75, 3.05) is 5.73 Å². The van der Waals surface area contributed by atoms with Crippen LogP contribution < -0.4 is 5.73 Å². The summed E-state index contributed by atoms with van der Waals surface area (Å²) in [5, 5.41) is 3.95. The fourth-order valence-electron chi connectivity index (χ4n) is 1.66. The van der Waals surface area contributed by atoms with Crippen molar-refractivity contribution in [2.45, 2.75) is 31.4 Å². The van der Waals surface area contributed by atoms with Crippen LogP contribution in [-0.2, 0) is 5.75 Å². The van der Waals surface area contributed by atoms with Gasteiger partial charge in [0.2, 0.25) is 0 Å². The normalized spacial score (nSPS) is 10.8. The molecular weight excluding hydrogens is 232 g/mol. The topological polar surface area (TPSA) is 52.0 Å². The summed E-state index contributed by atoms with van der Waals surface area (Å²) in [5.74, 6) is 1.73. The smallest absolute Gasteiger partial charge is 0.137 e. The maximum Gasteiger partial charge on any atom is 0.137 e. The van der Waals surface area contributed by atoms with Crippen LogP contribution in [0.25, 0.3) is 0 Å². The van der Waals surface area contributed by atoms with Crippen LogP contribution in [0.5, 0.6) is 0 Å². The number of nitrogens with two attached hydrogens (primary N) is 1. The van der Waals surface area contributed by atoms with Crippen LogP contribution >= 0.6 is 11.8 Å². The highest BCUT2D eigenvalue weighted by Crippen LogP contribution is 2.30. The molecule has 0 aliphatic heterocycles. The number of aryl methyl sites for hydroxylation is 3. The fourth-order valence-corrected chi connectivity index (χ4v) is 2.76. The van der Waals surface area contributed by atoms with E-state index >= 15 is 0 Å². The second-order valence-corrected chi connectivity index (χ2v) is 5.15. The van der Waals surface area contributed by atoms with Gasteiger partial charge >= 0.3 is 0 Å². The molecule has 0 bridgehead atoms. The molecule has 0 saturated carbocycles. The maximum atomic E-state index is 5.98. The van der Waals surface area contributed by atoms with Gasteiger partial charge in [-0.1, -0.05) is 11.2 Å². The van der Waals surface area contributed by atoms with E-state index in [-0.39, 0.29) is 0 Å². The Balaban J connectivity index is 2.13. The Morgan fingerprint density at radius 2 is 2.06 bits per heavy atom. The number of anilines is 1. The van der Waals surface area contributed by atoms with Crippen molar-refractivity contribution in [3.05, 3.63) is 40.8 Å². The number of nitrogen functional groups attached to an aromatic ring is 1. The van der Waals surface area contributed by atoms with Crippen LogP contribution in [0, 0.1) is 20.8 Å². The zero-order valence-corrected chi connectivity index (χ0v) is 11.1. The van der Waals surface area contributed by atoms with E-state index in [1.807, 2.05) is 26.8 Å². The summed E-state index contributed by atoms with van der Waals surface area (Å²) in [6.07, 6.45) is 0. The molecule has 3 nitrogen and oxygen atoms in total. The first kappa shape index (κ1) is 12.0. The zero-order valence-electron chi connectivity index (χ0n) is 10.3. The van der Waals surface area contributed by atoms with Gasteiger partial charge in [-0.25, -0.2) is 0 Å². The van der Waals surface area contributed by atoms with Crippen molar-refractivity contribution in [3.63, 3.8) is 0 Å². The lowest BCUT2D eigenvalue weighted by atomic mass is 10.2. The molecule has 1 aromatic heterocycles. The lowest BCUT2D eigenvalue weighted by Crippen LogP contribution is -1.91. The average molecular weight is 248 g/mol. The maximum absolute atomic E-state index is 5.98. The molecule has 2 aromatic rings. The monoisotopic (exact) mass is 248 g/mol. The molecule has 0 radical (unpaired) electrons. The van der Waals surface area contributed by atoms with Crippen molar-refractivity contribution in [2.24, 2.45) is 0 Å². The van der Waals surface area contributed by atoms with Gasteiger partial charge in [-0.15, -0.1) is 11.8 Å². The minimum absolute atomic E-state index is 0.835. The highest BCUT2D eigenvalue weighted by Gasteiger charge is 2.10. The molecule has 0 unspecified atom stereocenters. The summed E-state index contributed by atoms with van der Waals surface area (Å²) in [4.78, 5) is 1.11. The van der Waals surface area contributed by atoms with E-state index in [0.717, 1.165) is 33.4 Å². The SMILES string of the molecule is Cc1ccc(SCc2c(C)noc2C)c(N)c1. The highest BCUT2D eigenvalue weighted by atomic mass is 32.2. The van der Waals surface area contributed by atoms with E-state index < -0.39 is 0 Å². The van der Waals surface area contributed by atoms with Crippen LogP contribution in [0.2, 0.25) is 0 Å². The van der Waals surface area contributed by atoms with E-state index in [0.29, 0.717) is 0 Å². The molecule has 2 rings (SSSR count). The Morgan fingerprint density at radius 3 is 2.65 bits per heavy atom. The molecule has 1 aromatic carbocycles. The van der Waals surface area contributed by atoms with Gasteiger partial charge in [0.05, 0.1) is 5.69 Å². The van der Waals surface area contributed by atoms with Crippen molar-refractivity contribution in [3.8, 4) is 0 Å². The average Bonchev–Trinajstić information content (AvgIpc) is 2.58. The minimum atomic E-state index is 0.835. The van der Waals surface area contributed by atoms with Gasteiger partial charge in [0, 0.05) is 21.9 Å². The lowest BCUT2D eigenvalue weighted by Gasteiger charge is -2.06. The molecule has 0 atom stereocenters. The molecule has 2 N–H and O–H groups in total. The van der Waals surface area contributed by atoms with E-state index in [4.69, 9.17) is 10.3 Å². The molecule has 0 amide bonds. The summed E-state index contributed by atoms with van der Waals surface area (Å²) in [6, 6.07) is 6.13. The largest absolute Gasteiger partial charge is 0.398 e. The third-order valence-corrected chi connectivity index (χ3v) is 3.83. The predicted octanol–water partition coefficient (Wildman–Crippen LogP) is 3.47. The summed E-state index contributed by atoms with van der Waals surface area (Å²) < 4.78 is 5.14. The van der Waals surface area contributed by atoms with Crippen molar-refractivity contribution < 1.29 is 4.52 Å². The number of thioether (sulfide) groups is 1. The molecule has 0 spiro atoms. The Bertz CT molecular complexity index is 515. The first-order chi connectivity index (χ1) is 8.08. The molecule has 0 saturated heterocycles. The van der Waals surface area contributed by atoms with Crippen molar-refractivity contribution in [1.29, 1.82) is 0 Å². The first-order valence-electron chi connectivity index (χ1n) is 5.48. The van der Waals surface area contributed by atoms with E-state index in [2.05, 4.69) is 17.3 Å². The van der Waals surface area contributed by atoms with Gasteiger partial charge in [0.15, 0.2) is 0 Å². The second kappa shape index (κ2) is 4.84. The lowest BCUT2D eigenvalue weighted by molar-refractivity contribution is 0.392. The van der Waals surface area contributed by atoms with E-state index in [1.54, 1.807) is 11.8 Å².